The molecule has 2 rings (SSSR count). The molecule has 1 aromatic heterocycles. The zero-order chi connectivity index (χ0) is 12.4. The first-order valence-corrected chi connectivity index (χ1v) is 4.51. The molecular weight excluding hydrogens is 230 g/mol. The Balaban J connectivity index is 2.52. The summed E-state index contributed by atoms with van der Waals surface area (Å²) in [6.45, 7) is 0. The highest BCUT2D eigenvalue weighted by molar-refractivity contribution is 5.42. The van der Waals surface area contributed by atoms with E-state index in [1.807, 2.05) is 0 Å². The fourth-order valence-corrected chi connectivity index (χ4v) is 1.24. The molecule has 2 aromatic rings. The number of nitro groups is 1. The molecule has 0 amide bonds. The van der Waals surface area contributed by atoms with Crippen molar-refractivity contribution in [3.63, 3.8) is 0 Å². The Bertz CT molecular complexity index is 615. The van der Waals surface area contributed by atoms with E-state index < -0.39 is 10.7 Å². The van der Waals surface area contributed by atoms with Gasteiger partial charge in [0.25, 0.3) is 5.69 Å². The molecule has 0 saturated carbocycles. The van der Waals surface area contributed by atoms with Crippen LogP contribution in [-0.4, -0.2) is 21.8 Å². The van der Waals surface area contributed by atoms with E-state index in [0.717, 1.165) is 4.68 Å². The van der Waals surface area contributed by atoms with Crippen LogP contribution in [0.2, 0.25) is 0 Å². The van der Waals surface area contributed by atoms with Crippen LogP contribution in [0.1, 0.15) is 0 Å². The second-order valence-electron chi connectivity index (χ2n) is 3.03. The zero-order valence-corrected chi connectivity index (χ0v) is 8.69. The molecule has 0 aliphatic carbocycles. The summed E-state index contributed by atoms with van der Waals surface area (Å²) in [5, 5.41) is 14.3. The Morgan fingerprint density at radius 3 is 2.88 bits per heavy atom. The largest absolute Gasteiger partial charge is 0.452 e. The molecule has 0 atom stereocenters. The summed E-state index contributed by atoms with van der Waals surface area (Å²) in [6, 6.07) is 5.46. The second-order valence-corrected chi connectivity index (χ2v) is 3.03. The fourth-order valence-electron chi connectivity index (χ4n) is 1.24. The molecule has 8 heteroatoms. The van der Waals surface area contributed by atoms with Gasteiger partial charge in [-0.3, -0.25) is 10.1 Å². The topological polar surface area (TPSA) is 100 Å². The van der Waals surface area contributed by atoms with Crippen LogP contribution < -0.4 is 10.5 Å². The first-order chi connectivity index (χ1) is 8.11. The van der Waals surface area contributed by atoms with Gasteiger partial charge in [-0.2, -0.15) is 4.68 Å². The highest BCUT2D eigenvalue weighted by Gasteiger charge is 2.13. The molecule has 0 spiro atoms. The lowest BCUT2D eigenvalue weighted by atomic mass is 10.3. The highest BCUT2D eigenvalue weighted by Crippen LogP contribution is 2.15. The molecule has 0 radical (unpaired) electrons. The summed E-state index contributed by atoms with van der Waals surface area (Å²) in [5.74, 6) is -0.776. The molecule has 17 heavy (non-hydrogen) atoms. The third-order valence-corrected chi connectivity index (χ3v) is 1.99. The Hall–Kier alpha value is -2.64. The Kier molecular flexibility index (Phi) is 2.61. The van der Waals surface area contributed by atoms with Gasteiger partial charge in [0.2, 0.25) is 0 Å². The van der Waals surface area contributed by atoms with E-state index in [4.69, 9.17) is 0 Å². The molecule has 1 aromatic carbocycles. The Labute approximate surface area is 94.2 Å². The minimum atomic E-state index is -0.776. The minimum Gasteiger partial charge on any atom is -0.452 e. The van der Waals surface area contributed by atoms with E-state index in [-0.39, 0.29) is 17.5 Å². The first kappa shape index (κ1) is 10.9. The van der Waals surface area contributed by atoms with Gasteiger partial charge in [0.1, 0.15) is 0 Å². The van der Waals surface area contributed by atoms with Gasteiger partial charge in [-0.1, -0.05) is 11.2 Å². The molecule has 0 N–H and O–H groups in total. The van der Waals surface area contributed by atoms with Crippen molar-refractivity contribution in [2.45, 2.75) is 0 Å². The molecule has 0 saturated heterocycles. The maximum absolute atomic E-state index is 11.4. The maximum atomic E-state index is 11.4. The summed E-state index contributed by atoms with van der Waals surface area (Å²) >= 11 is 0. The van der Waals surface area contributed by atoms with Crippen molar-refractivity contribution in [1.82, 2.24) is 9.78 Å². The molecule has 0 aliphatic heterocycles. The quantitative estimate of drug-likeness (QED) is 0.576. The average molecular weight is 237 g/mol. The van der Waals surface area contributed by atoms with Crippen molar-refractivity contribution in [3.8, 4) is 11.8 Å². The van der Waals surface area contributed by atoms with Gasteiger partial charge < -0.3 is 9.15 Å². The van der Waals surface area contributed by atoms with E-state index in [2.05, 4.69) is 14.3 Å². The molecule has 0 unspecified atom stereocenters. The van der Waals surface area contributed by atoms with Crippen molar-refractivity contribution >= 4 is 5.69 Å². The van der Waals surface area contributed by atoms with Crippen LogP contribution in [0.25, 0.3) is 5.69 Å². The number of ether oxygens (including phenoxy) is 1. The predicted octanol–water partition coefficient (Wildman–Crippen LogP) is 0.742. The Morgan fingerprint density at radius 2 is 2.29 bits per heavy atom. The van der Waals surface area contributed by atoms with Gasteiger partial charge in [-0.25, -0.2) is 4.79 Å². The van der Waals surface area contributed by atoms with Crippen molar-refractivity contribution in [3.05, 3.63) is 44.9 Å². The lowest BCUT2D eigenvalue weighted by Crippen LogP contribution is -2.13. The summed E-state index contributed by atoms with van der Waals surface area (Å²) in [7, 11) is 1.29. The average Bonchev–Trinajstić information content (AvgIpc) is 2.71. The zero-order valence-electron chi connectivity index (χ0n) is 8.69. The number of non-ortho nitro benzene ring substituents is 1. The van der Waals surface area contributed by atoms with E-state index in [9.17, 15) is 14.9 Å². The maximum Gasteiger partial charge on any atom is 0.444 e. The van der Waals surface area contributed by atoms with Gasteiger partial charge in [-0.05, 0) is 6.07 Å². The summed E-state index contributed by atoms with van der Waals surface area (Å²) < 4.78 is 10.1. The van der Waals surface area contributed by atoms with Gasteiger partial charge in [0.05, 0.1) is 17.7 Å². The number of hydrogen-bond acceptors (Lipinski definition) is 6. The predicted molar refractivity (Wildman–Crippen MR) is 55.3 cm³/mol. The highest BCUT2D eigenvalue weighted by atomic mass is 16.6. The number of benzene rings is 1. The number of nitrogens with zero attached hydrogens (tertiary/aromatic N) is 3. The number of aromatic nitrogens is 2. The molecular formula is C9H7N3O5. The van der Waals surface area contributed by atoms with Crippen LogP contribution in [0.4, 0.5) is 5.69 Å². The standard InChI is InChI=1S/C9H7N3O5/c1-16-8-10-11(9(13)17-8)6-3-2-4-7(5-6)12(14)15/h2-5H,1H3. The summed E-state index contributed by atoms with van der Waals surface area (Å²) in [4.78, 5) is 21.4. The van der Waals surface area contributed by atoms with Crippen LogP contribution >= 0.6 is 0 Å². The van der Waals surface area contributed by atoms with Gasteiger partial charge in [-0.15, -0.1) is 0 Å². The van der Waals surface area contributed by atoms with Crippen molar-refractivity contribution in [2.75, 3.05) is 7.11 Å². The Morgan fingerprint density at radius 1 is 1.53 bits per heavy atom. The number of methoxy groups -OCH3 is 1. The second kappa shape index (κ2) is 4.08. The van der Waals surface area contributed by atoms with Crippen molar-refractivity contribution in [2.24, 2.45) is 0 Å². The third-order valence-electron chi connectivity index (χ3n) is 1.99. The summed E-state index contributed by atoms with van der Waals surface area (Å²) in [6.07, 6.45) is -0.207. The molecule has 0 bridgehead atoms. The lowest BCUT2D eigenvalue weighted by Gasteiger charge is -1.97. The summed E-state index contributed by atoms with van der Waals surface area (Å²) in [5.41, 5.74) is 0.0904. The number of hydrogen-bond donors (Lipinski definition) is 0. The normalized spacial score (nSPS) is 10.2. The van der Waals surface area contributed by atoms with Gasteiger partial charge in [0, 0.05) is 12.1 Å². The van der Waals surface area contributed by atoms with E-state index >= 15 is 0 Å². The fraction of sp³-hybridized carbons (Fsp3) is 0.111. The lowest BCUT2D eigenvalue weighted by molar-refractivity contribution is -0.384. The molecule has 1 heterocycles. The van der Waals surface area contributed by atoms with Crippen LogP contribution in [-0.2, 0) is 0 Å². The molecule has 0 aliphatic rings. The molecule has 88 valence electrons. The smallest absolute Gasteiger partial charge is 0.444 e. The van der Waals surface area contributed by atoms with E-state index in [1.165, 1.54) is 31.4 Å². The van der Waals surface area contributed by atoms with Gasteiger partial charge in [0.15, 0.2) is 0 Å². The number of rotatable bonds is 3. The molecule has 8 nitrogen and oxygen atoms in total. The first-order valence-electron chi connectivity index (χ1n) is 4.51. The monoisotopic (exact) mass is 237 g/mol. The molecule has 0 fully saturated rings. The number of nitro benzene ring substituents is 1. The van der Waals surface area contributed by atoms with Crippen LogP contribution in [0.3, 0.4) is 0 Å². The third kappa shape index (κ3) is 2.00. The minimum absolute atomic E-state index is 0.142. The SMILES string of the molecule is COc1nn(-c2cccc([N+](=O)[O-])c2)c(=O)o1. The van der Waals surface area contributed by atoms with Crippen LogP contribution in [0.5, 0.6) is 6.08 Å². The van der Waals surface area contributed by atoms with E-state index in [0.29, 0.717) is 0 Å². The van der Waals surface area contributed by atoms with Crippen LogP contribution in [0.15, 0.2) is 33.5 Å². The van der Waals surface area contributed by atoms with Crippen molar-refractivity contribution in [1.29, 1.82) is 0 Å². The van der Waals surface area contributed by atoms with Crippen LogP contribution in [0, 0.1) is 10.1 Å². The van der Waals surface area contributed by atoms with Gasteiger partial charge >= 0.3 is 11.8 Å². The van der Waals surface area contributed by atoms with Crippen molar-refractivity contribution < 1.29 is 14.1 Å². The van der Waals surface area contributed by atoms with E-state index in [1.54, 1.807) is 0 Å².